The van der Waals surface area contributed by atoms with E-state index in [0.29, 0.717) is 33.1 Å². The quantitative estimate of drug-likeness (QED) is 0.0178. The van der Waals surface area contributed by atoms with Gasteiger partial charge in [-0.05, 0) is 0 Å². The molecule has 2 atom stereocenters. The summed E-state index contributed by atoms with van der Waals surface area (Å²) >= 11 is 1.47. The van der Waals surface area contributed by atoms with Gasteiger partial charge < -0.3 is 0 Å². The van der Waals surface area contributed by atoms with Gasteiger partial charge >= 0.3 is 286 Å². The maximum absolute atomic E-state index is 14.4. The van der Waals surface area contributed by atoms with Crippen LogP contribution in [0.15, 0.2) is 36.4 Å². The molecule has 0 N–H and O–H groups in total. The first kappa shape index (κ1) is 58.0. The van der Waals surface area contributed by atoms with Gasteiger partial charge in [0.15, 0.2) is 0 Å². The molecule has 0 bridgehead atoms. The number of carbonyl (C=O) groups is 2. The van der Waals surface area contributed by atoms with Crippen LogP contribution in [0.2, 0.25) is 29.6 Å². The van der Waals surface area contributed by atoms with Crippen molar-refractivity contribution < 1.29 is 19.1 Å². The van der Waals surface area contributed by atoms with Crippen LogP contribution >= 0.6 is 45.3 Å². The molecule has 1 aromatic carbocycles. The molecular formula is C58H90O4S4Sn2. The van der Waals surface area contributed by atoms with Gasteiger partial charge in [-0.25, -0.2) is 0 Å². The Balaban J connectivity index is 1.41. The van der Waals surface area contributed by atoms with E-state index >= 15 is 0 Å². The van der Waals surface area contributed by atoms with Crippen molar-refractivity contribution in [2.45, 2.75) is 224 Å². The van der Waals surface area contributed by atoms with Crippen molar-refractivity contribution in [3.8, 4) is 11.5 Å². The normalized spacial score (nSPS) is 13.2. The third kappa shape index (κ3) is 18.2. The van der Waals surface area contributed by atoms with Gasteiger partial charge in [0.2, 0.25) is 0 Å². The second-order valence-corrected chi connectivity index (χ2v) is 57.4. The zero-order valence-electron chi connectivity index (χ0n) is 44.3. The van der Waals surface area contributed by atoms with E-state index in [9.17, 15) is 9.59 Å². The van der Waals surface area contributed by atoms with Gasteiger partial charge in [0.25, 0.3) is 0 Å². The zero-order valence-corrected chi connectivity index (χ0v) is 53.2. The van der Waals surface area contributed by atoms with E-state index < -0.39 is 36.8 Å². The van der Waals surface area contributed by atoms with Crippen LogP contribution in [0.1, 0.15) is 211 Å². The molecule has 0 saturated carbocycles. The predicted octanol–water partition coefficient (Wildman–Crippen LogP) is 19.5. The molecule has 68 heavy (non-hydrogen) atoms. The maximum atomic E-state index is 14.4. The molecule has 0 radical (unpaired) electrons. The Morgan fingerprint density at radius 1 is 0.441 bits per heavy atom. The Morgan fingerprint density at radius 2 is 0.750 bits per heavy atom. The monoisotopic (exact) mass is 1220 g/mol. The summed E-state index contributed by atoms with van der Waals surface area (Å²) in [4.78, 5) is 47.3. The molecule has 5 rings (SSSR count). The number of fused-ring (bicyclic) bond motifs is 2. The van der Waals surface area contributed by atoms with Crippen LogP contribution in [0.5, 0.6) is 11.5 Å². The first-order valence-corrected chi connectivity index (χ1v) is 50.6. The molecule has 4 aromatic heterocycles. The molecule has 0 spiro atoms. The predicted molar refractivity (Wildman–Crippen MR) is 310 cm³/mol. The third-order valence-electron chi connectivity index (χ3n) is 13.8. The second kappa shape index (κ2) is 29.7. The summed E-state index contributed by atoms with van der Waals surface area (Å²) in [5.74, 6) is 2.04. The molecule has 4 heterocycles. The number of carbonyl (C=O) groups excluding carboxylic acids is 2. The van der Waals surface area contributed by atoms with Gasteiger partial charge in [0.1, 0.15) is 0 Å². The van der Waals surface area contributed by atoms with Crippen molar-refractivity contribution in [3.05, 3.63) is 55.9 Å². The van der Waals surface area contributed by atoms with Crippen LogP contribution in [0, 0.1) is 11.8 Å². The Hall–Kier alpha value is -0.923. The van der Waals surface area contributed by atoms with Gasteiger partial charge in [-0.2, -0.15) is 0 Å². The Bertz CT molecular complexity index is 2050. The van der Waals surface area contributed by atoms with Crippen molar-refractivity contribution >= 4 is 120 Å². The fraction of sp³-hybridized carbons (Fsp3) is 0.655. The molecule has 0 aliphatic rings. The van der Waals surface area contributed by atoms with Crippen LogP contribution in [0.25, 0.3) is 20.2 Å². The summed E-state index contributed by atoms with van der Waals surface area (Å²) in [6.45, 7) is 9.15. The minimum atomic E-state index is -2.65. The Morgan fingerprint density at radius 3 is 1.07 bits per heavy atom. The van der Waals surface area contributed by atoms with Crippen molar-refractivity contribution in [3.63, 3.8) is 0 Å². The summed E-state index contributed by atoms with van der Waals surface area (Å²) in [5.41, 5.74) is 0. The van der Waals surface area contributed by atoms with E-state index in [1.54, 1.807) is 45.3 Å². The standard InChI is InChI=1S/C52H72O4S4.6CH3.2Sn/c1-5-9-13-17-19-23-27-39(25-21-15-11-7-3)37-41-29-31-45(59-41)51(53)55-47-43-33-35-58-50(43)48(44-34-36-57-49(44)47)56-52(54)46-32-30-42(60-46)38-40(26-22-16-12-8-4)28-24-20-18-14-10-6-2;;;;;;;;/h29-34,39-40H,5-28,37-38H2,1-4H3;6*1H3;;. The number of hydrogen-bond donors (Lipinski definition) is 0. The second-order valence-electron chi connectivity index (χ2n) is 22.1. The number of esters is 2. The van der Waals surface area contributed by atoms with Crippen molar-refractivity contribution in [2.75, 3.05) is 0 Å². The van der Waals surface area contributed by atoms with Crippen LogP contribution in [0.4, 0.5) is 0 Å². The van der Waals surface area contributed by atoms with Crippen LogP contribution < -0.4 is 15.3 Å². The van der Waals surface area contributed by atoms with Crippen LogP contribution in [-0.4, -0.2) is 48.7 Å². The Labute approximate surface area is 438 Å². The van der Waals surface area contributed by atoms with Gasteiger partial charge in [0, 0.05) is 0 Å². The third-order valence-corrected chi connectivity index (χ3v) is 37.1. The first-order chi connectivity index (χ1) is 32.7. The molecule has 0 aliphatic heterocycles. The SMILES string of the molecule is CCCCCCCCC(CCCCCC)Cc1ccc(C(=O)Oc2c3c[c]([Sn]([CH3])([CH3])[CH3])sc3c(OC(=O)c3ccc(CC(CCCCCC)CCCCCCCC)s3)c3c[c]([Sn]([CH3])([CH3])[CH3])sc23)s1. The molecule has 0 fully saturated rings. The molecule has 5 aromatic rings. The molecule has 0 amide bonds. The molecule has 0 aliphatic carbocycles. The van der Waals surface area contributed by atoms with E-state index in [1.807, 2.05) is 12.1 Å². The van der Waals surface area contributed by atoms with E-state index in [2.05, 4.69) is 81.6 Å². The Kier molecular flexibility index (Phi) is 25.3. The molecule has 2 unspecified atom stereocenters. The molecule has 4 nitrogen and oxygen atoms in total. The summed E-state index contributed by atoms with van der Waals surface area (Å²) in [6.07, 6.45) is 33.5. The molecular weight excluding hydrogens is 1130 g/mol. The van der Waals surface area contributed by atoms with Crippen LogP contribution in [-0.2, 0) is 12.8 Å². The molecule has 378 valence electrons. The topological polar surface area (TPSA) is 52.6 Å². The zero-order chi connectivity index (χ0) is 49.1. The van der Waals surface area contributed by atoms with Gasteiger partial charge in [-0.3, -0.25) is 0 Å². The van der Waals surface area contributed by atoms with Gasteiger partial charge in [-0.1, -0.05) is 156 Å². The number of ether oxygens (including phenoxy) is 2. The number of unbranched alkanes of at least 4 members (excludes halogenated alkanes) is 16. The number of rotatable bonds is 34. The average Bonchev–Trinajstić information content (AvgIpc) is 4.14. The van der Waals surface area contributed by atoms with Crippen molar-refractivity contribution in [2.24, 2.45) is 11.8 Å². The van der Waals surface area contributed by atoms with E-state index in [0.717, 1.165) is 33.0 Å². The van der Waals surface area contributed by atoms with Gasteiger partial charge in [0.05, 0.1) is 0 Å². The van der Waals surface area contributed by atoms with E-state index in [4.69, 9.17) is 9.47 Å². The van der Waals surface area contributed by atoms with E-state index in [-0.39, 0.29) is 11.9 Å². The summed E-state index contributed by atoms with van der Waals surface area (Å²) < 4.78 is 18.0. The van der Waals surface area contributed by atoms with E-state index in [1.165, 1.54) is 170 Å². The number of thiophene rings is 4. The fourth-order valence-electron chi connectivity index (χ4n) is 9.54. The van der Waals surface area contributed by atoms with Crippen LogP contribution in [0.3, 0.4) is 0 Å². The fourth-order valence-corrected chi connectivity index (χ4v) is 24.2. The molecule has 10 heteroatoms. The minimum absolute atomic E-state index is 0.281. The summed E-state index contributed by atoms with van der Waals surface area (Å²) in [7, 11) is 0. The van der Waals surface area contributed by atoms with Gasteiger partial charge in [-0.15, -0.1) is 0 Å². The first-order valence-electron chi connectivity index (χ1n) is 27.3. The van der Waals surface area contributed by atoms with Crippen molar-refractivity contribution in [1.29, 1.82) is 0 Å². The summed E-state index contributed by atoms with van der Waals surface area (Å²) in [5, 5.41) is 1.82. The number of hydrogen-bond acceptors (Lipinski definition) is 8. The summed E-state index contributed by atoms with van der Waals surface area (Å²) in [6, 6.07) is 12.9. The number of benzene rings is 1. The molecule has 0 saturated heterocycles. The average molecular weight is 1220 g/mol. The van der Waals surface area contributed by atoms with Crippen molar-refractivity contribution in [1.82, 2.24) is 0 Å².